The van der Waals surface area contributed by atoms with Crippen LogP contribution in [0, 0.1) is 12.8 Å². The van der Waals surface area contributed by atoms with Crippen molar-refractivity contribution in [2.75, 3.05) is 6.61 Å². The molecule has 2 rings (SSSR count). The van der Waals surface area contributed by atoms with Crippen molar-refractivity contribution in [2.24, 2.45) is 5.92 Å². The first-order chi connectivity index (χ1) is 8.42. The second kappa shape index (κ2) is 5.28. The SMILES string of the molecule is Cc1cc(S(=O)(=O)N[C@H]2C[C@@H](CO)C2)ccc1Br. The molecule has 2 N–H and O–H groups in total. The first-order valence-electron chi connectivity index (χ1n) is 5.81. The van der Waals surface area contributed by atoms with Crippen molar-refractivity contribution in [1.29, 1.82) is 0 Å². The van der Waals surface area contributed by atoms with Crippen LogP contribution in [0.2, 0.25) is 0 Å². The molecule has 1 saturated carbocycles. The lowest BCUT2D eigenvalue weighted by molar-refractivity contribution is 0.137. The van der Waals surface area contributed by atoms with E-state index in [1.807, 2.05) is 6.92 Å². The van der Waals surface area contributed by atoms with E-state index in [0.29, 0.717) is 12.8 Å². The number of nitrogens with one attached hydrogen (secondary N) is 1. The third kappa shape index (κ3) is 2.93. The van der Waals surface area contributed by atoms with Gasteiger partial charge in [-0.25, -0.2) is 13.1 Å². The number of aliphatic hydroxyl groups excluding tert-OH is 1. The molecule has 100 valence electrons. The van der Waals surface area contributed by atoms with Crippen LogP contribution in [0.4, 0.5) is 0 Å². The molecule has 0 aliphatic heterocycles. The molecule has 1 aromatic carbocycles. The molecule has 0 spiro atoms. The predicted octanol–water partition coefficient (Wildman–Crippen LogP) is 1.81. The van der Waals surface area contributed by atoms with Crippen LogP contribution in [-0.4, -0.2) is 26.2 Å². The van der Waals surface area contributed by atoms with Gasteiger partial charge < -0.3 is 5.11 Å². The molecule has 18 heavy (non-hydrogen) atoms. The molecule has 4 nitrogen and oxygen atoms in total. The summed E-state index contributed by atoms with van der Waals surface area (Å²) in [5.74, 6) is 0.240. The van der Waals surface area contributed by atoms with E-state index in [-0.39, 0.29) is 23.5 Å². The second-order valence-corrected chi connectivity index (χ2v) is 7.32. The standard InChI is InChI=1S/C12H16BrNO3S/c1-8-4-11(2-3-12(8)13)18(16,17)14-10-5-9(6-10)7-15/h2-4,9-10,14-15H,5-7H2,1H3/t9-,10+. The highest BCUT2D eigenvalue weighted by molar-refractivity contribution is 9.10. The van der Waals surface area contributed by atoms with Gasteiger partial charge in [0, 0.05) is 17.1 Å². The first kappa shape index (κ1) is 14.0. The van der Waals surface area contributed by atoms with Crippen LogP contribution in [-0.2, 0) is 10.0 Å². The second-order valence-electron chi connectivity index (χ2n) is 4.75. The van der Waals surface area contributed by atoms with E-state index in [9.17, 15) is 8.42 Å². The van der Waals surface area contributed by atoms with Crippen molar-refractivity contribution in [1.82, 2.24) is 4.72 Å². The molecule has 1 aliphatic carbocycles. The third-order valence-electron chi connectivity index (χ3n) is 3.26. The highest BCUT2D eigenvalue weighted by Gasteiger charge is 2.32. The van der Waals surface area contributed by atoms with E-state index < -0.39 is 10.0 Å². The van der Waals surface area contributed by atoms with Crippen LogP contribution < -0.4 is 4.72 Å². The van der Waals surface area contributed by atoms with E-state index >= 15 is 0 Å². The molecule has 6 heteroatoms. The zero-order valence-electron chi connectivity index (χ0n) is 10.1. The summed E-state index contributed by atoms with van der Waals surface area (Å²) >= 11 is 3.35. The van der Waals surface area contributed by atoms with E-state index in [1.54, 1.807) is 18.2 Å². The van der Waals surface area contributed by atoms with Crippen LogP contribution in [0.1, 0.15) is 18.4 Å². The summed E-state index contributed by atoms with van der Waals surface area (Å²) in [7, 11) is -3.44. The average molecular weight is 334 g/mol. The minimum atomic E-state index is -3.44. The van der Waals surface area contributed by atoms with Gasteiger partial charge in [0.15, 0.2) is 0 Å². The summed E-state index contributed by atoms with van der Waals surface area (Å²) in [6.45, 7) is 1.99. The Bertz CT molecular complexity index is 538. The van der Waals surface area contributed by atoms with Gasteiger partial charge >= 0.3 is 0 Å². The van der Waals surface area contributed by atoms with Gasteiger partial charge in [-0.05, 0) is 49.4 Å². The van der Waals surface area contributed by atoms with Gasteiger partial charge in [-0.1, -0.05) is 15.9 Å². The van der Waals surface area contributed by atoms with E-state index in [2.05, 4.69) is 20.7 Å². The molecular formula is C12H16BrNO3S. The van der Waals surface area contributed by atoms with Crippen molar-refractivity contribution >= 4 is 26.0 Å². The molecular weight excluding hydrogens is 318 g/mol. The Morgan fingerprint density at radius 1 is 1.44 bits per heavy atom. The number of aryl methyl sites for hydroxylation is 1. The topological polar surface area (TPSA) is 66.4 Å². The molecule has 0 amide bonds. The molecule has 0 bridgehead atoms. The van der Waals surface area contributed by atoms with Gasteiger partial charge in [-0.3, -0.25) is 0 Å². The van der Waals surface area contributed by atoms with Gasteiger partial charge in [0.25, 0.3) is 0 Å². The fourth-order valence-electron chi connectivity index (χ4n) is 2.05. The fourth-order valence-corrected chi connectivity index (χ4v) is 3.65. The normalized spacial score (nSPS) is 23.7. The molecule has 1 fully saturated rings. The van der Waals surface area contributed by atoms with Crippen molar-refractivity contribution in [3.8, 4) is 0 Å². The first-order valence-corrected chi connectivity index (χ1v) is 8.09. The molecule has 1 aliphatic rings. The Morgan fingerprint density at radius 3 is 2.67 bits per heavy atom. The fraction of sp³-hybridized carbons (Fsp3) is 0.500. The molecule has 0 atom stereocenters. The predicted molar refractivity (Wildman–Crippen MR) is 72.8 cm³/mol. The summed E-state index contributed by atoms with van der Waals surface area (Å²) < 4.78 is 27.8. The minimum absolute atomic E-state index is 0.0453. The number of sulfonamides is 1. The number of hydrogen-bond donors (Lipinski definition) is 2. The number of benzene rings is 1. The number of rotatable bonds is 4. The van der Waals surface area contributed by atoms with E-state index in [0.717, 1.165) is 10.0 Å². The van der Waals surface area contributed by atoms with Crippen LogP contribution in [0.5, 0.6) is 0 Å². The van der Waals surface area contributed by atoms with Crippen molar-refractivity contribution in [3.63, 3.8) is 0 Å². The van der Waals surface area contributed by atoms with E-state index in [4.69, 9.17) is 5.11 Å². The van der Waals surface area contributed by atoms with E-state index in [1.165, 1.54) is 0 Å². The summed E-state index contributed by atoms with van der Waals surface area (Å²) in [5.41, 5.74) is 0.889. The third-order valence-corrected chi connectivity index (χ3v) is 5.66. The largest absolute Gasteiger partial charge is 0.396 e. The number of aliphatic hydroxyl groups is 1. The molecule has 0 saturated heterocycles. The minimum Gasteiger partial charge on any atom is -0.396 e. The Labute approximate surface area is 116 Å². The highest BCUT2D eigenvalue weighted by Crippen LogP contribution is 2.28. The van der Waals surface area contributed by atoms with Crippen molar-refractivity contribution in [3.05, 3.63) is 28.2 Å². The van der Waals surface area contributed by atoms with Crippen molar-refractivity contribution in [2.45, 2.75) is 30.7 Å². The lowest BCUT2D eigenvalue weighted by Crippen LogP contribution is -2.45. The monoisotopic (exact) mass is 333 g/mol. The smallest absolute Gasteiger partial charge is 0.240 e. The quantitative estimate of drug-likeness (QED) is 0.883. The van der Waals surface area contributed by atoms with Crippen molar-refractivity contribution < 1.29 is 13.5 Å². The maximum Gasteiger partial charge on any atom is 0.240 e. The number of hydrogen-bond acceptors (Lipinski definition) is 3. The van der Waals surface area contributed by atoms with Gasteiger partial charge in [0.2, 0.25) is 10.0 Å². The van der Waals surface area contributed by atoms with Gasteiger partial charge in [0.1, 0.15) is 0 Å². The molecule has 1 aromatic rings. The van der Waals surface area contributed by atoms with Crippen LogP contribution in [0.25, 0.3) is 0 Å². The maximum absolute atomic E-state index is 12.1. The van der Waals surface area contributed by atoms with Gasteiger partial charge in [-0.15, -0.1) is 0 Å². The zero-order valence-corrected chi connectivity index (χ0v) is 12.5. The molecule has 0 heterocycles. The summed E-state index contributed by atoms with van der Waals surface area (Å²) in [4.78, 5) is 0.288. The van der Waals surface area contributed by atoms with Gasteiger partial charge in [-0.2, -0.15) is 0 Å². The summed E-state index contributed by atoms with van der Waals surface area (Å²) in [6.07, 6.45) is 1.43. The molecule has 0 unspecified atom stereocenters. The van der Waals surface area contributed by atoms with Gasteiger partial charge in [0.05, 0.1) is 4.90 Å². The highest BCUT2D eigenvalue weighted by atomic mass is 79.9. The molecule has 0 aromatic heterocycles. The molecule has 0 radical (unpaired) electrons. The van der Waals surface area contributed by atoms with Crippen LogP contribution in [0.3, 0.4) is 0 Å². The Morgan fingerprint density at radius 2 is 2.11 bits per heavy atom. The lowest BCUT2D eigenvalue weighted by Gasteiger charge is -2.34. The number of halogens is 1. The Balaban J connectivity index is 2.09. The average Bonchev–Trinajstić information content (AvgIpc) is 2.26. The summed E-state index contributed by atoms with van der Waals surface area (Å²) in [5, 5.41) is 8.90. The van der Waals surface area contributed by atoms with Crippen LogP contribution >= 0.6 is 15.9 Å². The summed E-state index contributed by atoms with van der Waals surface area (Å²) in [6, 6.07) is 4.92. The zero-order chi connectivity index (χ0) is 13.3. The van der Waals surface area contributed by atoms with Crippen LogP contribution in [0.15, 0.2) is 27.6 Å². The Kier molecular flexibility index (Phi) is 4.11. The maximum atomic E-state index is 12.1. The Hall–Kier alpha value is -0.430. The lowest BCUT2D eigenvalue weighted by atomic mass is 9.82.